The number of likely N-dealkylation sites (N-methyl/N-ethyl adjacent to an activating group) is 1. The third-order valence-corrected chi connectivity index (χ3v) is 5.22. The Kier molecular flexibility index (Phi) is 3.93. The number of aromatic amines is 1. The second kappa shape index (κ2) is 6.12. The van der Waals surface area contributed by atoms with Crippen molar-refractivity contribution in [3.05, 3.63) is 40.1 Å². The third-order valence-electron chi connectivity index (χ3n) is 5.22. The van der Waals surface area contributed by atoms with Crippen LogP contribution in [0, 0.1) is 10.1 Å². The molecule has 25 heavy (non-hydrogen) atoms. The van der Waals surface area contributed by atoms with Gasteiger partial charge in [0.2, 0.25) is 0 Å². The molecule has 0 unspecified atom stereocenters. The van der Waals surface area contributed by atoms with Gasteiger partial charge in [0.05, 0.1) is 4.92 Å². The Morgan fingerprint density at radius 2 is 1.96 bits per heavy atom. The fraction of sp³-hybridized carbons (Fsp3) is 0.471. The van der Waals surface area contributed by atoms with Crippen molar-refractivity contribution in [2.24, 2.45) is 0 Å². The van der Waals surface area contributed by atoms with Crippen LogP contribution < -0.4 is 0 Å². The molecule has 0 atom stereocenters. The average Bonchev–Trinajstić information content (AvgIpc) is 3.02. The van der Waals surface area contributed by atoms with Gasteiger partial charge in [-0.05, 0) is 13.1 Å². The van der Waals surface area contributed by atoms with E-state index in [9.17, 15) is 14.9 Å². The second-order valence-electron chi connectivity index (χ2n) is 6.88. The summed E-state index contributed by atoms with van der Waals surface area (Å²) in [6.07, 6.45) is 0. The molecule has 0 bridgehead atoms. The second-order valence-corrected chi connectivity index (χ2v) is 6.88. The molecule has 1 N–H and O–H groups in total. The number of nitrogens with one attached hydrogen (secondary N) is 1. The average molecular weight is 343 g/mol. The quantitative estimate of drug-likeness (QED) is 0.667. The monoisotopic (exact) mass is 343 g/mol. The SMILES string of the molecule is CN1CC(N2CCN(C(=O)c3cc4cccc([N+](=O)[O-])c4[nH]3)CC2)C1. The standard InChI is InChI=1S/C17H21N5O3/c1-19-10-13(11-19)20-5-7-21(8-6-20)17(23)14-9-12-3-2-4-15(22(24)25)16(12)18-14/h2-4,9,13,18H,5-8,10-11H2,1H3. The van der Waals surface area contributed by atoms with Gasteiger partial charge in [-0.15, -0.1) is 0 Å². The van der Waals surface area contributed by atoms with Crippen molar-refractivity contribution in [1.29, 1.82) is 0 Å². The number of nitro groups is 1. The number of rotatable bonds is 3. The number of hydrogen-bond acceptors (Lipinski definition) is 5. The van der Waals surface area contributed by atoms with E-state index in [-0.39, 0.29) is 11.6 Å². The molecule has 2 aromatic rings. The van der Waals surface area contributed by atoms with Gasteiger partial charge in [0.15, 0.2) is 0 Å². The van der Waals surface area contributed by atoms with E-state index in [1.54, 1.807) is 18.2 Å². The van der Waals surface area contributed by atoms with Gasteiger partial charge in [0, 0.05) is 56.8 Å². The van der Waals surface area contributed by atoms with E-state index in [4.69, 9.17) is 0 Å². The zero-order valence-corrected chi connectivity index (χ0v) is 14.1. The molecule has 4 rings (SSSR count). The zero-order valence-electron chi connectivity index (χ0n) is 14.1. The van der Waals surface area contributed by atoms with Crippen LogP contribution in [0.4, 0.5) is 5.69 Å². The number of nitro benzene ring substituents is 1. The Hall–Kier alpha value is -2.45. The molecule has 1 aromatic carbocycles. The highest BCUT2D eigenvalue weighted by Gasteiger charge is 2.32. The molecule has 132 valence electrons. The zero-order chi connectivity index (χ0) is 17.6. The number of H-pyrrole nitrogens is 1. The highest BCUT2D eigenvalue weighted by molar-refractivity contribution is 6.00. The van der Waals surface area contributed by atoms with E-state index >= 15 is 0 Å². The number of amides is 1. The number of likely N-dealkylation sites (tertiary alicyclic amines) is 1. The Labute approximate surface area is 145 Å². The van der Waals surface area contributed by atoms with E-state index in [0.717, 1.165) is 26.2 Å². The summed E-state index contributed by atoms with van der Waals surface area (Å²) < 4.78 is 0. The molecule has 0 saturated carbocycles. The summed E-state index contributed by atoms with van der Waals surface area (Å²) in [6.45, 7) is 5.33. The van der Waals surface area contributed by atoms with E-state index in [1.165, 1.54) is 6.07 Å². The summed E-state index contributed by atoms with van der Waals surface area (Å²) in [4.78, 5) is 33.0. The van der Waals surface area contributed by atoms with Gasteiger partial charge in [-0.3, -0.25) is 19.8 Å². The summed E-state index contributed by atoms with van der Waals surface area (Å²) in [6, 6.07) is 7.18. The van der Waals surface area contributed by atoms with Gasteiger partial charge in [-0.2, -0.15) is 0 Å². The first-order valence-corrected chi connectivity index (χ1v) is 8.51. The number of piperazine rings is 1. The maximum atomic E-state index is 12.8. The van der Waals surface area contributed by atoms with E-state index in [1.807, 2.05) is 4.90 Å². The molecular weight excluding hydrogens is 322 g/mol. The van der Waals surface area contributed by atoms with Crippen LogP contribution in [0.2, 0.25) is 0 Å². The predicted octanol–water partition coefficient (Wildman–Crippen LogP) is 1.15. The van der Waals surface area contributed by atoms with Crippen LogP contribution in [0.25, 0.3) is 10.9 Å². The lowest BCUT2D eigenvalue weighted by Gasteiger charge is -2.46. The summed E-state index contributed by atoms with van der Waals surface area (Å²) in [5.74, 6) is -0.0872. The van der Waals surface area contributed by atoms with Gasteiger partial charge in [-0.25, -0.2) is 0 Å². The summed E-state index contributed by atoms with van der Waals surface area (Å²) in [7, 11) is 2.12. The van der Waals surface area contributed by atoms with Gasteiger partial charge in [-0.1, -0.05) is 12.1 Å². The molecule has 1 amide bonds. The Morgan fingerprint density at radius 3 is 2.60 bits per heavy atom. The van der Waals surface area contributed by atoms with Crippen LogP contribution in [0.15, 0.2) is 24.3 Å². The molecule has 0 radical (unpaired) electrons. The summed E-state index contributed by atoms with van der Waals surface area (Å²) >= 11 is 0. The molecule has 2 saturated heterocycles. The van der Waals surface area contributed by atoms with Crippen LogP contribution in [-0.2, 0) is 0 Å². The number of non-ortho nitro benzene ring substituents is 1. The highest BCUT2D eigenvalue weighted by atomic mass is 16.6. The molecule has 0 spiro atoms. The summed E-state index contributed by atoms with van der Waals surface area (Å²) in [5.41, 5.74) is 0.823. The minimum Gasteiger partial charge on any atom is -0.345 e. The first kappa shape index (κ1) is 16.0. The lowest BCUT2D eigenvalue weighted by molar-refractivity contribution is -0.383. The predicted molar refractivity (Wildman–Crippen MR) is 93.7 cm³/mol. The number of nitrogens with zero attached hydrogens (tertiary/aromatic N) is 4. The number of carbonyl (C=O) groups excluding carboxylic acids is 1. The fourth-order valence-electron chi connectivity index (χ4n) is 3.77. The van der Waals surface area contributed by atoms with Crippen molar-refractivity contribution in [3.8, 4) is 0 Å². The lowest BCUT2D eigenvalue weighted by Crippen LogP contribution is -2.62. The van der Waals surface area contributed by atoms with Crippen LogP contribution in [-0.4, -0.2) is 82.9 Å². The van der Waals surface area contributed by atoms with E-state index in [2.05, 4.69) is 21.8 Å². The Bertz CT molecular complexity index is 819. The van der Waals surface area contributed by atoms with Crippen LogP contribution in [0.3, 0.4) is 0 Å². The Balaban J connectivity index is 1.47. The maximum absolute atomic E-state index is 12.8. The third kappa shape index (κ3) is 2.87. The van der Waals surface area contributed by atoms with Crippen molar-refractivity contribution in [3.63, 3.8) is 0 Å². The first-order valence-electron chi connectivity index (χ1n) is 8.51. The first-order chi connectivity index (χ1) is 12.0. The van der Waals surface area contributed by atoms with Gasteiger partial charge in [0.25, 0.3) is 11.6 Å². The van der Waals surface area contributed by atoms with Gasteiger partial charge in [0.1, 0.15) is 11.2 Å². The molecule has 3 heterocycles. The molecule has 0 aliphatic carbocycles. The van der Waals surface area contributed by atoms with Crippen molar-refractivity contribution >= 4 is 22.5 Å². The van der Waals surface area contributed by atoms with Gasteiger partial charge >= 0.3 is 0 Å². The normalized spacial score (nSPS) is 20.0. The van der Waals surface area contributed by atoms with Crippen molar-refractivity contribution < 1.29 is 9.72 Å². The molecule has 8 nitrogen and oxygen atoms in total. The number of aromatic nitrogens is 1. The molecule has 8 heteroatoms. The van der Waals surface area contributed by atoms with E-state index in [0.29, 0.717) is 35.7 Å². The minimum atomic E-state index is -0.429. The topological polar surface area (TPSA) is 85.7 Å². The number of benzene rings is 1. The number of fused-ring (bicyclic) bond motifs is 1. The number of para-hydroxylation sites is 1. The molecule has 2 fully saturated rings. The van der Waals surface area contributed by atoms with Crippen molar-refractivity contribution in [2.45, 2.75) is 6.04 Å². The van der Waals surface area contributed by atoms with Gasteiger partial charge < -0.3 is 14.8 Å². The van der Waals surface area contributed by atoms with Crippen molar-refractivity contribution in [2.75, 3.05) is 46.3 Å². The molecule has 2 aliphatic rings. The molecule has 2 aliphatic heterocycles. The van der Waals surface area contributed by atoms with Crippen molar-refractivity contribution in [1.82, 2.24) is 19.7 Å². The van der Waals surface area contributed by atoms with Crippen LogP contribution in [0.5, 0.6) is 0 Å². The minimum absolute atomic E-state index is 0.00419. The number of hydrogen-bond donors (Lipinski definition) is 1. The van der Waals surface area contributed by atoms with E-state index < -0.39 is 4.92 Å². The summed E-state index contributed by atoms with van der Waals surface area (Å²) in [5, 5.41) is 11.8. The maximum Gasteiger partial charge on any atom is 0.293 e. The van der Waals surface area contributed by atoms with Crippen LogP contribution >= 0.6 is 0 Å². The largest absolute Gasteiger partial charge is 0.345 e. The Morgan fingerprint density at radius 1 is 1.24 bits per heavy atom. The highest BCUT2D eigenvalue weighted by Crippen LogP contribution is 2.26. The smallest absolute Gasteiger partial charge is 0.293 e. The molecular formula is C17H21N5O3. The fourth-order valence-corrected chi connectivity index (χ4v) is 3.77. The lowest BCUT2D eigenvalue weighted by atomic mass is 10.1. The van der Waals surface area contributed by atoms with Crippen LogP contribution in [0.1, 0.15) is 10.5 Å². The molecule has 1 aromatic heterocycles. The number of carbonyl (C=O) groups is 1.